The van der Waals surface area contributed by atoms with Gasteiger partial charge in [0.05, 0.1) is 12.7 Å². The van der Waals surface area contributed by atoms with Crippen LogP contribution in [0.3, 0.4) is 0 Å². The minimum Gasteiger partial charge on any atom is -0.481 e. The van der Waals surface area contributed by atoms with Crippen LogP contribution in [0.25, 0.3) is 0 Å². The summed E-state index contributed by atoms with van der Waals surface area (Å²) in [4.78, 5) is 23.1. The summed E-state index contributed by atoms with van der Waals surface area (Å²) in [5, 5.41) is 11.6. The van der Waals surface area contributed by atoms with Gasteiger partial charge < -0.3 is 10.4 Å². The smallest absolute Gasteiger partial charge is 0.305 e. The third kappa shape index (κ3) is 5.62. The molecule has 0 spiro atoms. The first kappa shape index (κ1) is 17.9. The molecule has 2 unspecified atom stereocenters. The van der Waals surface area contributed by atoms with E-state index in [9.17, 15) is 18.0 Å². The van der Waals surface area contributed by atoms with Crippen molar-refractivity contribution in [1.82, 2.24) is 9.62 Å². The number of amides is 1. The fraction of sp³-hybridized carbons (Fsp3) is 0.846. The Morgan fingerprint density at radius 1 is 1.38 bits per heavy atom. The number of nitrogens with zero attached hydrogens (tertiary/aromatic N) is 1. The van der Waals surface area contributed by atoms with E-state index in [4.69, 9.17) is 5.11 Å². The zero-order valence-electron chi connectivity index (χ0n) is 12.5. The van der Waals surface area contributed by atoms with Crippen molar-refractivity contribution in [2.75, 3.05) is 12.8 Å². The van der Waals surface area contributed by atoms with E-state index in [1.165, 1.54) is 4.31 Å². The Labute approximate surface area is 125 Å². The molecular weight excluding hydrogens is 296 g/mol. The van der Waals surface area contributed by atoms with Gasteiger partial charge >= 0.3 is 5.97 Å². The molecule has 0 aromatic rings. The first-order valence-corrected chi connectivity index (χ1v) is 9.09. The highest BCUT2D eigenvalue weighted by Gasteiger charge is 2.35. The molecule has 0 aromatic carbocycles. The highest BCUT2D eigenvalue weighted by Crippen LogP contribution is 2.20. The maximum absolute atomic E-state index is 12.3. The third-order valence-corrected chi connectivity index (χ3v) is 4.88. The number of carbonyl (C=O) groups is 2. The number of carboxylic acid groups (broad SMARTS) is 1. The maximum atomic E-state index is 12.3. The Balaban J connectivity index is 2.76. The highest BCUT2D eigenvalue weighted by molar-refractivity contribution is 7.88. The van der Waals surface area contributed by atoms with Crippen molar-refractivity contribution in [1.29, 1.82) is 0 Å². The monoisotopic (exact) mass is 320 g/mol. The lowest BCUT2D eigenvalue weighted by Gasteiger charge is -2.33. The van der Waals surface area contributed by atoms with E-state index in [0.717, 1.165) is 25.5 Å². The van der Waals surface area contributed by atoms with E-state index in [1.54, 1.807) is 0 Å². The second-order valence-corrected chi connectivity index (χ2v) is 7.41. The van der Waals surface area contributed by atoms with Gasteiger partial charge in [-0.25, -0.2) is 8.42 Å². The van der Waals surface area contributed by atoms with Gasteiger partial charge in [0.15, 0.2) is 0 Å². The number of hydrogen-bond donors (Lipinski definition) is 2. The Bertz CT molecular complexity index is 477. The van der Waals surface area contributed by atoms with Crippen molar-refractivity contribution in [3.05, 3.63) is 0 Å². The summed E-state index contributed by atoms with van der Waals surface area (Å²) < 4.78 is 24.7. The molecule has 1 heterocycles. The molecular formula is C13H24N2O5S. The average Bonchev–Trinajstić information content (AvgIpc) is 2.37. The van der Waals surface area contributed by atoms with Gasteiger partial charge in [0.1, 0.15) is 6.04 Å². The summed E-state index contributed by atoms with van der Waals surface area (Å²) in [6, 6.07) is -1.18. The third-order valence-electron chi connectivity index (χ3n) is 3.59. The molecule has 2 atom stereocenters. The Morgan fingerprint density at radius 2 is 2.05 bits per heavy atom. The molecule has 21 heavy (non-hydrogen) atoms. The molecule has 0 bridgehead atoms. The molecule has 7 nitrogen and oxygen atoms in total. The van der Waals surface area contributed by atoms with E-state index in [1.807, 2.05) is 6.92 Å². The molecule has 1 aliphatic heterocycles. The number of sulfonamides is 1. The van der Waals surface area contributed by atoms with E-state index < -0.39 is 28.1 Å². The van der Waals surface area contributed by atoms with Crippen LogP contribution in [0.4, 0.5) is 0 Å². The lowest BCUT2D eigenvalue weighted by Crippen LogP contribution is -2.53. The van der Waals surface area contributed by atoms with E-state index in [-0.39, 0.29) is 12.3 Å². The normalized spacial score (nSPS) is 21.7. The van der Waals surface area contributed by atoms with Crippen LogP contribution in [-0.4, -0.2) is 54.6 Å². The fourth-order valence-corrected chi connectivity index (χ4v) is 3.77. The van der Waals surface area contributed by atoms with Crippen molar-refractivity contribution in [2.45, 2.75) is 57.5 Å². The molecule has 0 saturated carbocycles. The first-order chi connectivity index (χ1) is 9.75. The predicted octanol–water partition coefficient (Wildman–Crippen LogP) is 0.560. The largest absolute Gasteiger partial charge is 0.481 e. The lowest BCUT2D eigenvalue weighted by molar-refractivity contribution is -0.138. The van der Waals surface area contributed by atoms with Crippen molar-refractivity contribution < 1.29 is 23.1 Å². The van der Waals surface area contributed by atoms with Crippen molar-refractivity contribution in [2.24, 2.45) is 0 Å². The summed E-state index contributed by atoms with van der Waals surface area (Å²) in [5.41, 5.74) is 0. The van der Waals surface area contributed by atoms with Crippen LogP contribution < -0.4 is 5.32 Å². The van der Waals surface area contributed by atoms with Crippen LogP contribution in [0.2, 0.25) is 0 Å². The number of aliphatic carboxylic acids is 1. The van der Waals surface area contributed by atoms with Crippen LogP contribution in [0.15, 0.2) is 0 Å². The molecule has 0 radical (unpaired) electrons. The fourth-order valence-electron chi connectivity index (χ4n) is 2.65. The number of rotatable bonds is 7. The van der Waals surface area contributed by atoms with Gasteiger partial charge in [0.2, 0.25) is 15.9 Å². The minimum atomic E-state index is -3.44. The second-order valence-electron chi connectivity index (χ2n) is 5.48. The number of nitrogens with one attached hydrogen (secondary N) is 1. The van der Waals surface area contributed by atoms with Crippen LogP contribution in [0.1, 0.15) is 45.4 Å². The number of hydrogen-bond acceptors (Lipinski definition) is 4. The van der Waals surface area contributed by atoms with Crippen molar-refractivity contribution in [3.63, 3.8) is 0 Å². The molecule has 1 rings (SSSR count). The number of carboxylic acids is 1. The zero-order chi connectivity index (χ0) is 16.0. The topological polar surface area (TPSA) is 104 Å². The SMILES string of the molecule is CCCC(CC(=O)O)NC(=O)C1CCCCN1S(C)(=O)=O. The van der Waals surface area contributed by atoms with Gasteiger partial charge in [0.25, 0.3) is 0 Å². The summed E-state index contributed by atoms with van der Waals surface area (Å²) >= 11 is 0. The summed E-state index contributed by atoms with van der Waals surface area (Å²) in [7, 11) is -3.44. The quantitative estimate of drug-likeness (QED) is 0.713. The average molecular weight is 320 g/mol. The molecule has 122 valence electrons. The summed E-state index contributed by atoms with van der Waals surface area (Å²) in [6.07, 6.45) is 4.27. The van der Waals surface area contributed by atoms with E-state index in [0.29, 0.717) is 19.4 Å². The van der Waals surface area contributed by atoms with E-state index in [2.05, 4.69) is 5.32 Å². The van der Waals surface area contributed by atoms with Crippen LogP contribution in [-0.2, 0) is 19.6 Å². The first-order valence-electron chi connectivity index (χ1n) is 7.24. The Hall–Kier alpha value is -1.15. The van der Waals surface area contributed by atoms with Gasteiger partial charge in [0, 0.05) is 12.6 Å². The molecule has 0 aromatic heterocycles. The lowest BCUT2D eigenvalue weighted by atomic mass is 10.0. The molecule has 8 heteroatoms. The standard InChI is InChI=1S/C13H24N2O5S/c1-3-6-10(9-12(16)17)14-13(18)11-7-4-5-8-15(11)21(2,19)20/h10-11H,3-9H2,1-2H3,(H,14,18)(H,16,17). The van der Waals surface area contributed by atoms with Crippen molar-refractivity contribution in [3.8, 4) is 0 Å². The number of carbonyl (C=O) groups excluding carboxylic acids is 1. The zero-order valence-corrected chi connectivity index (χ0v) is 13.4. The predicted molar refractivity (Wildman–Crippen MR) is 78.3 cm³/mol. The van der Waals surface area contributed by atoms with Gasteiger partial charge in [-0.05, 0) is 19.3 Å². The molecule has 0 aliphatic carbocycles. The highest BCUT2D eigenvalue weighted by atomic mass is 32.2. The summed E-state index contributed by atoms with van der Waals surface area (Å²) in [6.45, 7) is 2.25. The molecule has 1 saturated heterocycles. The molecule has 2 N–H and O–H groups in total. The van der Waals surface area contributed by atoms with Crippen molar-refractivity contribution >= 4 is 21.9 Å². The van der Waals surface area contributed by atoms with Crippen LogP contribution in [0, 0.1) is 0 Å². The number of piperidine rings is 1. The Kier molecular flexibility index (Phi) is 6.60. The molecule has 1 amide bonds. The summed E-state index contributed by atoms with van der Waals surface area (Å²) in [5.74, 6) is -1.36. The van der Waals surface area contributed by atoms with Gasteiger partial charge in [-0.1, -0.05) is 19.8 Å². The van der Waals surface area contributed by atoms with Gasteiger partial charge in [-0.3, -0.25) is 9.59 Å². The van der Waals surface area contributed by atoms with Crippen LogP contribution >= 0.6 is 0 Å². The maximum Gasteiger partial charge on any atom is 0.305 e. The van der Waals surface area contributed by atoms with Gasteiger partial charge in [-0.2, -0.15) is 4.31 Å². The molecule has 1 fully saturated rings. The second kappa shape index (κ2) is 7.74. The van der Waals surface area contributed by atoms with Crippen LogP contribution in [0.5, 0.6) is 0 Å². The Morgan fingerprint density at radius 3 is 2.57 bits per heavy atom. The van der Waals surface area contributed by atoms with Gasteiger partial charge in [-0.15, -0.1) is 0 Å². The van der Waals surface area contributed by atoms with E-state index >= 15 is 0 Å². The minimum absolute atomic E-state index is 0.148. The molecule has 1 aliphatic rings.